The maximum Gasteiger partial charge on any atom is 0.204 e. The number of aromatic nitrogens is 4. The minimum absolute atomic E-state index is 0.188. The Hall–Kier alpha value is -2.31. The van der Waals surface area contributed by atoms with Crippen LogP contribution in [0, 0.1) is 5.82 Å². The second kappa shape index (κ2) is 4.05. The zero-order valence-electron chi connectivity index (χ0n) is 8.37. The molecule has 0 saturated heterocycles. The van der Waals surface area contributed by atoms with Gasteiger partial charge in [0.15, 0.2) is 5.71 Å². The Kier molecular flexibility index (Phi) is 2.59. The number of hydrogen-bond donors (Lipinski definition) is 1. The molecule has 0 amide bonds. The zero-order chi connectivity index (χ0) is 11.5. The smallest absolute Gasteiger partial charge is 0.204 e. The number of aryl methyl sites for hydroxylation is 1. The van der Waals surface area contributed by atoms with Gasteiger partial charge in [-0.25, -0.2) is 9.07 Å². The fourth-order valence-corrected chi connectivity index (χ4v) is 1.27. The summed E-state index contributed by atoms with van der Waals surface area (Å²) in [5, 5.41) is 22.8. The van der Waals surface area contributed by atoms with Crippen molar-refractivity contribution in [2.45, 2.75) is 0 Å². The first-order chi connectivity index (χ1) is 7.72. The van der Waals surface area contributed by atoms with Crippen LogP contribution in [0.1, 0.15) is 11.4 Å². The van der Waals surface area contributed by atoms with E-state index in [9.17, 15) is 4.39 Å². The molecule has 2 rings (SSSR count). The summed E-state index contributed by atoms with van der Waals surface area (Å²) in [6.07, 6.45) is 0. The summed E-state index contributed by atoms with van der Waals surface area (Å²) >= 11 is 0. The fourth-order valence-electron chi connectivity index (χ4n) is 1.27. The largest absolute Gasteiger partial charge is 0.410 e. The first-order valence-corrected chi connectivity index (χ1v) is 4.43. The third kappa shape index (κ3) is 1.74. The van der Waals surface area contributed by atoms with Gasteiger partial charge < -0.3 is 5.21 Å². The highest BCUT2D eigenvalue weighted by Gasteiger charge is 2.14. The third-order valence-electron chi connectivity index (χ3n) is 2.05. The van der Waals surface area contributed by atoms with E-state index in [1.165, 1.54) is 28.9 Å². The van der Waals surface area contributed by atoms with E-state index in [4.69, 9.17) is 5.21 Å². The van der Waals surface area contributed by atoms with Gasteiger partial charge in [-0.1, -0.05) is 5.16 Å². The molecule has 1 heterocycles. The summed E-state index contributed by atoms with van der Waals surface area (Å²) in [7, 11) is 1.62. The van der Waals surface area contributed by atoms with Crippen molar-refractivity contribution in [3.8, 4) is 0 Å². The Bertz CT molecular complexity index is 519. The third-order valence-corrected chi connectivity index (χ3v) is 2.05. The molecular formula is C9H8FN5O. The SMILES string of the molecule is Cn1nnnc1/C(=N/O)c1ccc(F)cc1. The molecule has 0 atom stereocenters. The van der Waals surface area contributed by atoms with Crippen molar-refractivity contribution in [3.63, 3.8) is 0 Å². The van der Waals surface area contributed by atoms with Crippen molar-refractivity contribution in [3.05, 3.63) is 41.5 Å². The lowest BCUT2D eigenvalue weighted by Gasteiger charge is -2.02. The maximum atomic E-state index is 12.7. The quantitative estimate of drug-likeness (QED) is 0.457. The molecule has 0 fully saturated rings. The van der Waals surface area contributed by atoms with E-state index in [1.54, 1.807) is 7.05 Å². The molecule has 1 aromatic heterocycles. The maximum absolute atomic E-state index is 12.7. The summed E-state index contributed by atoms with van der Waals surface area (Å²) in [6.45, 7) is 0. The van der Waals surface area contributed by atoms with Crippen molar-refractivity contribution in [2.24, 2.45) is 12.2 Å². The Morgan fingerprint density at radius 3 is 2.56 bits per heavy atom. The standard InChI is InChI=1S/C9H8FN5O/c1-15-9(11-13-14-15)8(12-16)6-2-4-7(10)5-3-6/h2-5,16H,1H3/b12-8+. The number of halogens is 1. The Morgan fingerprint density at radius 1 is 1.38 bits per heavy atom. The number of oxime groups is 1. The van der Waals surface area contributed by atoms with Gasteiger partial charge in [-0.2, -0.15) is 0 Å². The van der Waals surface area contributed by atoms with E-state index in [2.05, 4.69) is 20.7 Å². The minimum atomic E-state index is -0.364. The Labute approximate surface area is 90.0 Å². The molecule has 0 saturated carbocycles. The Morgan fingerprint density at radius 2 is 2.06 bits per heavy atom. The predicted octanol–water partition coefficient (Wildman–Crippen LogP) is 0.576. The summed E-state index contributed by atoms with van der Waals surface area (Å²) in [4.78, 5) is 0. The van der Waals surface area contributed by atoms with Crippen LogP contribution in [0.15, 0.2) is 29.4 Å². The number of benzene rings is 1. The molecule has 82 valence electrons. The lowest BCUT2D eigenvalue weighted by Crippen LogP contribution is -2.11. The van der Waals surface area contributed by atoms with Gasteiger partial charge in [0.1, 0.15) is 5.82 Å². The molecule has 0 aliphatic heterocycles. The van der Waals surface area contributed by atoms with Crippen LogP contribution in [0.4, 0.5) is 4.39 Å². The summed E-state index contributed by atoms with van der Waals surface area (Å²) in [5.41, 5.74) is 0.717. The van der Waals surface area contributed by atoms with Crippen LogP contribution in [0.2, 0.25) is 0 Å². The van der Waals surface area contributed by atoms with Crippen molar-refractivity contribution in [1.82, 2.24) is 20.2 Å². The molecule has 0 aliphatic rings. The van der Waals surface area contributed by atoms with Gasteiger partial charge in [0.2, 0.25) is 5.82 Å². The highest BCUT2D eigenvalue weighted by atomic mass is 19.1. The molecule has 0 spiro atoms. The van der Waals surface area contributed by atoms with E-state index in [0.717, 1.165) is 0 Å². The van der Waals surface area contributed by atoms with E-state index in [0.29, 0.717) is 11.4 Å². The van der Waals surface area contributed by atoms with E-state index >= 15 is 0 Å². The van der Waals surface area contributed by atoms with Crippen LogP contribution in [-0.2, 0) is 7.05 Å². The minimum Gasteiger partial charge on any atom is -0.410 e. The summed E-state index contributed by atoms with van der Waals surface area (Å²) < 4.78 is 14.1. The van der Waals surface area contributed by atoms with Gasteiger partial charge in [0, 0.05) is 12.6 Å². The van der Waals surface area contributed by atoms with Crippen molar-refractivity contribution in [1.29, 1.82) is 0 Å². The van der Waals surface area contributed by atoms with Gasteiger partial charge >= 0.3 is 0 Å². The molecule has 0 unspecified atom stereocenters. The van der Waals surface area contributed by atoms with Crippen LogP contribution < -0.4 is 0 Å². The first-order valence-electron chi connectivity index (χ1n) is 4.43. The van der Waals surface area contributed by atoms with Crippen LogP contribution in [-0.4, -0.2) is 31.1 Å². The normalized spacial score (nSPS) is 11.8. The summed E-state index contributed by atoms with van der Waals surface area (Å²) in [5.74, 6) is -0.0637. The second-order valence-corrected chi connectivity index (χ2v) is 3.08. The summed E-state index contributed by atoms with van der Waals surface area (Å²) in [6, 6.07) is 5.51. The highest BCUT2D eigenvalue weighted by Crippen LogP contribution is 2.08. The van der Waals surface area contributed by atoms with Crippen molar-refractivity contribution in [2.75, 3.05) is 0 Å². The Balaban J connectivity index is 2.46. The van der Waals surface area contributed by atoms with Crippen LogP contribution in [0.25, 0.3) is 0 Å². The van der Waals surface area contributed by atoms with Gasteiger partial charge in [0.25, 0.3) is 0 Å². The second-order valence-electron chi connectivity index (χ2n) is 3.08. The fraction of sp³-hybridized carbons (Fsp3) is 0.111. The van der Waals surface area contributed by atoms with Crippen molar-refractivity contribution >= 4 is 5.71 Å². The van der Waals surface area contributed by atoms with Crippen molar-refractivity contribution < 1.29 is 9.60 Å². The van der Waals surface area contributed by atoms with Crippen LogP contribution >= 0.6 is 0 Å². The predicted molar refractivity (Wildman–Crippen MR) is 52.6 cm³/mol. The molecule has 2 aromatic rings. The van der Waals surface area contributed by atoms with Gasteiger partial charge in [-0.05, 0) is 34.7 Å². The molecule has 0 bridgehead atoms. The zero-order valence-corrected chi connectivity index (χ0v) is 8.37. The molecule has 1 N–H and O–H groups in total. The number of rotatable bonds is 2. The molecule has 0 radical (unpaired) electrons. The number of hydrogen-bond acceptors (Lipinski definition) is 5. The van der Waals surface area contributed by atoms with Gasteiger partial charge in [-0.3, -0.25) is 0 Å². The number of nitrogens with zero attached hydrogens (tertiary/aromatic N) is 5. The van der Waals surface area contributed by atoms with Crippen LogP contribution in [0.5, 0.6) is 0 Å². The number of tetrazole rings is 1. The van der Waals surface area contributed by atoms with E-state index in [1.807, 2.05) is 0 Å². The molecule has 0 aliphatic carbocycles. The lowest BCUT2D eigenvalue weighted by molar-refractivity contribution is 0.319. The average Bonchev–Trinajstić information content (AvgIpc) is 2.69. The topological polar surface area (TPSA) is 76.2 Å². The van der Waals surface area contributed by atoms with Gasteiger partial charge in [0.05, 0.1) is 0 Å². The van der Waals surface area contributed by atoms with E-state index in [-0.39, 0.29) is 11.5 Å². The highest BCUT2D eigenvalue weighted by molar-refractivity contribution is 6.10. The molecule has 16 heavy (non-hydrogen) atoms. The van der Waals surface area contributed by atoms with E-state index < -0.39 is 0 Å². The molecule has 1 aromatic carbocycles. The van der Waals surface area contributed by atoms with Gasteiger partial charge in [-0.15, -0.1) is 5.10 Å². The monoisotopic (exact) mass is 221 g/mol. The molecular weight excluding hydrogens is 213 g/mol. The van der Waals surface area contributed by atoms with Crippen LogP contribution in [0.3, 0.4) is 0 Å². The molecule has 7 heteroatoms. The molecule has 6 nitrogen and oxygen atoms in total. The first kappa shape index (κ1) is 10.2. The lowest BCUT2D eigenvalue weighted by atomic mass is 10.1. The average molecular weight is 221 g/mol.